The molecule has 1 aliphatic heterocycles. The Morgan fingerprint density at radius 2 is 1.74 bits per heavy atom. The number of halogens is 2. The first-order valence-corrected chi connectivity index (χ1v) is 12.4. The molecule has 35 heavy (non-hydrogen) atoms. The lowest BCUT2D eigenvalue weighted by molar-refractivity contribution is -0.123. The zero-order valence-corrected chi connectivity index (χ0v) is 21.6. The number of amides is 2. The van der Waals surface area contributed by atoms with Crippen LogP contribution in [-0.4, -0.2) is 33.2 Å². The third-order valence-electron chi connectivity index (χ3n) is 5.59. The maximum Gasteiger partial charge on any atom is 0.338 e. The second-order valence-corrected chi connectivity index (χ2v) is 9.75. The van der Waals surface area contributed by atoms with Gasteiger partial charge in [-0.2, -0.15) is 0 Å². The van der Waals surface area contributed by atoms with Gasteiger partial charge in [0.25, 0.3) is 11.1 Å². The quantitative estimate of drug-likeness (QED) is 0.259. The smallest absolute Gasteiger partial charge is 0.338 e. The fraction of sp³-hybridized carbons (Fsp3) is 0.192. The highest BCUT2D eigenvalue weighted by Gasteiger charge is 2.35. The monoisotopic (exact) mass is 528 g/mol. The Bertz CT molecular complexity index is 1360. The molecule has 0 N–H and O–H groups in total. The normalized spacial score (nSPS) is 14.8. The van der Waals surface area contributed by atoms with Gasteiger partial charge in [-0.15, -0.1) is 0 Å². The molecule has 1 saturated heterocycles. The van der Waals surface area contributed by atoms with Crippen molar-refractivity contribution in [3.63, 3.8) is 0 Å². The van der Waals surface area contributed by atoms with Crippen LogP contribution in [0.5, 0.6) is 0 Å². The molecule has 0 saturated carbocycles. The molecule has 0 atom stereocenters. The van der Waals surface area contributed by atoms with Crippen molar-refractivity contribution < 1.29 is 19.1 Å². The molecule has 2 heterocycles. The van der Waals surface area contributed by atoms with E-state index in [2.05, 4.69) is 0 Å². The highest BCUT2D eigenvalue weighted by molar-refractivity contribution is 8.18. The Morgan fingerprint density at radius 3 is 2.40 bits per heavy atom. The second-order valence-electron chi connectivity index (χ2n) is 7.95. The Kier molecular flexibility index (Phi) is 7.40. The van der Waals surface area contributed by atoms with E-state index < -0.39 is 0 Å². The van der Waals surface area contributed by atoms with Gasteiger partial charge in [0, 0.05) is 17.1 Å². The van der Waals surface area contributed by atoms with Gasteiger partial charge in [0.2, 0.25) is 0 Å². The predicted molar refractivity (Wildman–Crippen MR) is 139 cm³/mol. The minimum Gasteiger partial charge on any atom is -0.462 e. The standard InChI is InChI=1S/C26H22Cl2N2O4S/c1-4-34-25(32)18-6-8-20(9-7-18)30-15(2)11-19(16(30)3)13-23-24(31)29(26(33)35-23)14-17-5-10-21(27)22(28)12-17/h5-13H,4,14H2,1-3H3/b23-13-. The van der Waals surface area contributed by atoms with E-state index in [1.54, 1.807) is 43.3 Å². The Balaban J connectivity index is 1.58. The maximum atomic E-state index is 13.0. The van der Waals surface area contributed by atoms with Gasteiger partial charge in [-0.05, 0) is 92.2 Å². The fourth-order valence-corrected chi connectivity index (χ4v) is 5.04. The maximum absolute atomic E-state index is 13.0. The van der Waals surface area contributed by atoms with E-state index in [1.165, 1.54) is 4.90 Å². The van der Waals surface area contributed by atoms with Crippen LogP contribution in [0.4, 0.5) is 4.79 Å². The Hall–Kier alpha value is -3.00. The van der Waals surface area contributed by atoms with Gasteiger partial charge in [-0.1, -0.05) is 29.3 Å². The van der Waals surface area contributed by atoms with Crippen LogP contribution in [0.2, 0.25) is 10.0 Å². The molecule has 180 valence electrons. The first-order chi connectivity index (χ1) is 16.7. The summed E-state index contributed by atoms with van der Waals surface area (Å²) in [5, 5.41) is 0.445. The lowest BCUT2D eigenvalue weighted by atomic mass is 10.2. The minimum atomic E-state index is -0.364. The second kappa shape index (κ2) is 10.3. The van der Waals surface area contributed by atoms with Crippen molar-refractivity contribution in [1.29, 1.82) is 0 Å². The molecule has 1 fully saturated rings. The van der Waals surface area contributed by atoms with Crippen LogP contribution in [0.1, 0.15) is 39.8 Å². The lowest BCUT2D eigenvalue weighted by Gasteiger charge is -2.13. The summed E-state index contributed by atoms with van der Waals surface area (Å²) in [5.41, 5.74) is 4.76. The van der Waals surface area contributed by atoms with Gasteiger partial charge in [0.15, 0.2) is 0 Å². The third kappa shape index (κ3) is 5.17. The molecule has 2 aromatic carbocycles. The number of imide groups is 1. The van der Waals surface area contributed by atoms with Crippen LogP contribution in [0.3, 0.4) is 0 Å². The molecule has 1 aromatic heterocycles. The number of ether oxygens (including phenoxy) is 1. The summed E-state index contributed by atoms with van der Waals surface area (Å²) in [5.74, 6) is -0.716. The van der Waals surface area contributed by atoms with Crippen molar-refractivity contribution in [3.05, 3.63) is 91.6 Å². The average Bonchev–Trinajstić information content (AvgIpc) is 3.25. The van der Waals surface area contributed by atoms with Crippen molar-refractivity contribution in [2.45, 2.75) is 27.3 Å². The number of hydrogen-bond acceptors (Lipinski definition) is 5. The summed E-state index contributed by atoms with van der Waals surface area (Å²) in [4.78, 5) is 39.1. The topological polar surface area (TPSA) is 68.6 Å². The number of esters is 1. The van der Waals surface area contributed by atoms with Crippen LogP contribution in [0.15, 0.2) is 53.4 Å². The lowest BCUT2D eigenvalue weighted by Crippen LogP contribution is -2.27. The number of aromatic nitrogens is 1. The molecule has 0 bridgehead atoms. The van der Waals surface area contributed by atoms with Gasteiger partial charge in [-0.25, -0.2) is 4.79 Å². The molecular formula is C26H22Cl2N2O4S. The van der Waals surface area contributed by atoms with Gasteiger partial charge < -0.3 is 9.30 Å². The summed E-state index contributed by atoms with van der Waals surface area (Å²) in [6.07, 6.45) is 1.74. The summed E-state index contributed by atoms with van der Waals surface area (Å²) >= 11 is 12.9. The van der Waals surface area contributed by atoms with E-state index in [1.807, 2.05) is 36.6 Å². The molecular weight excluding hydrogens is 507 g/mol. The summed E-state index contributed by atoms with van der Waals surface area (Å²) in [6.45, 7) is 6.10. The minimum absolute atomic E-state index is 0.116. The van der Waals surface area contributed by atoms with E-state index >= 15 is 0 Å². The molecule has 0 radical (unpaired) electrons. The van der Waals surface area contributed by atoms with E-state index in [4.69, 9.17) is 27.9 Å². The summed E-state index contributed by atoms with van der Waals surface area (Å²) in [6, 6.07) is 14.1. The number of carbonyl (C=O) groups is 3. The van der Waals surface area contributed by atoms with Gasteiger partial charge >= 0.3 is 5.97 Å². The molecule has 1 aliphatic rings. The van der Waals surface area contributed by atoms with Crippen LogP contribution >= 0.6 is 35.0 Å². The molecule has 0 unspecified atom stereocenters. The van der Waals surface area contributed by atoms with Gasteiger partial charge in [0.05, 0.1) is 33.7 Å². The van der Waals surface area contributed by atoms with Crippen molar-refractivity contribution in [2.24, 2.45) is 0 Å². The zero-order chi connectivity index (χ0) is 25.3. The van der Waals surface area contributed by atoms with Crippen molar-refractivity contribution in [2.75, 3.05) is 6.61 Å². The number of benzene rings is 2. The van der Waals surface area contributed by atoms with Crippen LogP contribution in [-0.2, 0) is 16.1 Å². The van der Waals surface area contributed by atoms with E-state index in [9.17, 15) is 14.4 Å². The Labute approximate surface area is 217 Å². The zero-order valence-electron chi connectivity index (χ0n) is 19.3. The van der Waals surface area contributed by atoms with Gasteiger partial charge in [0.1, 0.15) is 0 Å². The number of thioether (sulfide) groups is 1. The molecule has 9 heteroatoms. The highest BCUT2D eigenvalue weighted by Crippen LogP contribution is 2.35. The number of nitrogens with zero attached hydrogens (tertiary/aromatic N) is 2. The average molecular weight is 529 g/mol. The predicted octanol–water partition coefficient (Wildman–Crippen LogP) is 6.81. The summed E-state index contributed by atoms with van der Waals surface area (Å²) in [7, 11) is 0. The molecule has 3 aromatic rings. The SMILES string of the molecule is CCOC(=O)c1ccc(-n2c(C)cc(/C=C3\SC(=O)N(Cc4ccc(Cl)c(Cl)c4)C3=O)c2C)cc1. The number of carbonyl (C=O) groups excluding carboxylic acids is 3. The van der Waals surface area contributed by atoms with Crippen molar-refractivity contribution >= 4 is 58.2 Å². The molecule has 2 amide bonds. The van der Waals surface area contributed by atoms with E-state index in [0.29, 0.717) is 32.7 Å². The summed E-state index contributed by atoms with van der Waals surface area (Å²) < 4.78 is 7.07. The van der Waals surface area contributed by atoms with Crippen LogP contribution in [0, 0.1) is 13.8 Å². The first-order valence-electron chi connectivity index (χ1n) is 10.9. The number of hydrogen-bond donors (Lipinski definition) is 0. The first kappa shape index (κ1) is 25.1. The molecule has 4 rings (SSSR count). The fourth-order valence-electron chi connectivity index (χ4n) is 3.89. The number of aryl methyl sites for hydroxylation is 1. The van der Waals surface area contributed by atoms with Crippen molar-refractivity contribution in [1.82, 2.24) is 9.47 Å². The molecule has 0 aliphatic carbocycles. The molecule has 0 spiro atoms. The molecule has 6 nitrogen and oxygen atoms in total. The largest absolute Gasteiger partial charge is 0.462 e. The van der Waals surface area contributed by atoms with E-state index in [0.717, 1.165) is 34.4 Å². The number of rotatable bonds is 6. The highest BCUT2D eigenvalue weighted by atomic mass is 35.5. The van der Waals surface area contributed by atoms with Gasteiger partial charge in [-0.3, -0.25) is 14.5 Å². The van der Waals surface area contributed by atoms with Crippen LogP contribution in [0.25, 0.3) is 11.8 Å². The van der Waals surface area contributed by atoms with Crippen LogP contribution < -0.4 is 0 Å². The van der Waals surface area contributed by atoms with Crippen molar-refractivity contribution in [3.8, 4) is 5.69 Å². The Morgan fingerprint density at radius 1 is 1.03 bits per heavy atom. The third-order valence-corrected chi connectivity index (χ3v) is 7.24. The van der Waals surface area contributed by atoms with E-state index in [-0.39, 0.29) is 23.7 Å².